The predicted octanol–water partition coefficient (Wildman–Crippen LogP) is 2.80. The summed E-state index contributed by atoms with van der Waals surface area (Å²) in [7, 11) is 1.78. The molecule has 0 aromatic heterocycles. The molecule has 7 heteroatoms. The molecule has 0 bridgehead atoms. The van der Waals surface area contributed by atoms with Gasteiger partial charge >= 0.3 is 0 Å². The fourth-order valence-electron chi connectivity index (χ4n) is 3.00. The van der Waals surface area contributed by atoms with E-state index in [9.17, 15) is 14.9 Å². The van der Waals surface area contributed by atoms with Gasteiger partial charge in [-0.15, -0.1) is 0 Å². The SMILES string of the molecule is CN(C(=O)Cc1ccc([N+](=O)[O-])cc1Cl)C1CCC(CO)CC1. The monoisotopic (exact) mass is 340 g/mol. The van der Waals surface area contributed by atoms with E-state index in [1.807, 2.05) is 0 Å². The van der Waals surface area contributed by atoms with Crippen LogP contribution in [0.4, 0.5) is 5.69 Å². The van der Waals surface area contributed by atoms with Gasteiger partial charge in [-0.3, -0.25) is 14.9 Å². The Morgan fingerprint density at radius 2 is 2.04 bits per heavy atom. The highest BCUT2D eigenvalue weighted by molar-refractivity contribution is 6.31. The number of rotatable bonds is 5. The van der Waals surface area contributed by atoms with E-state index in [2.05, 4.69) is 0 Å². The Morgan fingerprint density at radius 1 is 1.39 bits per heavy atom. The van der Waals surface area contributed by atoms with Gasteiger partial charge in [-0.1, -0.05) is 17.7 Å². The van der Waals surface area contributed by atoms with Crippen LogP contribution >= 0.6 is 11.6 Å². The van der Waals surface area contributed by atoms with Crippen LogP contribution in [0.15, 0.2) is 18.2 Å². The average Bonchev–Trinajstić information content (AvgIpc) is 2.55. The lowest BCUT2D eigenvalue weighted by Crippen LogP contribution is -2.40. The molecule has 126 valence electrons. The van der Waals surface area contributed by atoms with Crippen LogP contribution in [0.5, 0.6) is 0 Å². The van der Waals surface area contributed by atoms with Crippen LogP contribution in [-0.4, -0.2) is 40.5 Å². The first-order valence-electron chi connectivity index (χ1n) is 7.71. The minimum atomic E-state index is -0.511. The Labute approximate surface area is 140 Å². The van der Waals surface area contributed by atoms with Gasteiger partial charge in [0.05, 0.1) is 16.4 Å². The molecule has 0 radical (unpaired) electrons. The fraction of sp³-hybridized carbons (Fsp3) is 0.562. The van der Waals surface area contributed by atoms with Gasteiger partial charge in [-0.05, 0) is 37.2 Å². The Kier molecular flexibility index (Phi) is 5.96. The van der Waals surface area contributed by atoms with Crippen LogP contribution in [0.25, 0.3) is 0 Å². The molecule has 1 N–H and O–H groups in total. The number of nitro benzene ring substituents is 1. The summed E-state index contributed by atoms with van der Waals surface area (Å²) in [5.41, 5.74) is 0.514. The van der Waals surface area contributed by atoms with Crippen molar-refractivity contribution in [3.63, 3.8) is 0 Å². The molecule has 0 spiro atoms. The maximum atomic E-state index is 12.4. The fourth-order valence-corrected chi connectivity index (χ4v) is 3.24. The number of amides is 1. The van der Waals surface area contributed by atoms with Crippen molar-refractivity contribution in [1.29, 1.82) is 0 Å². The quantitative estimate of drug-likeness (QED) is 0.660. The first kappa shape index (κ1) is 17.7. The minimum Gasteiger partial charge on any atom is -0.396 e. The maximum Gasteiger partial charge on any atom is 0.270 e. The van der Waals surface area contributed by atoms with Gasteiger partial charge in [0.15, 0.2) is 0 Å². The lowest BCUT2D eigenvalue weighted by Gasteiger charge is -2.34. The molecule has 0 heterocycles. The summed E-state index contributed by atoms with van der Waals surface area (Å²) in [6, 6.07) is 4.36. The van der Waals surface area contributed by atoms with Crippen LogP contribution in [0.2, 0.25) is 5.02 Å². The summed E-state index contributed by atoms with van der Waals surface area (Å²) < 4.78 is 0. The molecular formula is C16H21ClN2O4. The molecule has 1 aliphatic carbocycles. The highest BCUT2D eigenvalue weighted by Gasteiger charge is 2.26. The molecule has 1 aromatic rings. The Hall–Kier alpha value is -1.66. The van der Waals surface area contributed by atoms with Crippen molar-refractivity contribution >= 4 is 23.2 Å². The number of aliphatic hydroxyl groups is 1. The van der Waals surface area contributed by atoms with E-state index in [4.69, 9.17) is 16.7 Å². The normalized spacial score (nSPS) is 21.0. The zero-order chi connectivity index (χ0) is 17.0. The third-order valence-electron chi connectivity index (χ3n) is 4.60. The lowest BCUT2D eigenvalue weighted by molar-refractivity contribution is -0.384. The maximum absolute atomic E-state index is 12.4. The third kappa shape index (κ3) is 4.42. The molecule has 1 amide bonds. The molecule has 0 saturated heterocycles. The van der Waals surface area contributed by atoms with Crippen molar-refractivity contribution in [3.8, 4) is 0 Å². The van der Waals surface area contributed by atoms with Gasteiger partial charge in [0.1, 0.15) is 0 Å². The van der Waals surface area contributed by atoms with Gasteiger partial charge in [0, 0.05) is 31.8 Å². The second-order valence-corrected chi connectivity index (χ2v) is 6.48. The molecule has 1 fully saturated rings. The first-order valence-corrected chi connectivity index (χ1v) is 8.09. The van der Waals surface area contributed by atoms with Crippen molar-refractivity contribution in [1.82, 2.24) is 4.90 Å². The summed E-state index contributed by atoms with van der Waals surface area (Å²) in [6.45, 7) is 0.211. The lowest BCUT2D eigenvalue weighted by atomic mass is 9.86. The largest absolute Gasteiger partial charge is 0.396 e. The number of aliphatic hydroxyl groups excluding tert-OH is 1. The summed E-state index contributed by atoms with van der Waals surface area (Å²) in [6.07, 6.45) is 3.77. The van der Waals surface area contributed by atoms with E-state index in [1.54, 1.807) is 11.9 Å². The summed E-state index contributed by atoms with van der Waals surface area (Å²) in [5, 5.41) is 20.1. The van der Waals surface area contributed by atoms with Gasteiger partial charge in [0.25, 0.3) is 5.69 Å². The highest BCUT2D eigenvalue weighted by Crippen LogP contribution is 2.28. The third-order valence-corrected chi connectivity index (χ3v) is 4.96. The second-order valence-electron chi connectivity index (χ2n) is 6.07. The molecule has 1 aliphatic rings. The van der Waals surface area contributed by atoms with Gasteiger partial charge < -0.3 is 10.0 Å². The molecule has 0 aliphatic heterocycles. The van der Waals surface area contributed by atoms with E-state index in [1.165, 1.54) is 18.2 Å². The second kappa shape index (κ2) is 7.75. The Bertz CT molecular complexity index is 585. The topological polar surface area (TPSA) is 83.7 Å². The summed E-state index contributed by atoms with van der Waals surface area (Å²) in [4.78, 5) is 24.4. The van der Waals surface area contributed by atoms with Crippen molar-refractivity contribution < 1.29 is 14.8 Å². The van der Waals surface area contributed by atoms with Crippen LogP contribution in [0.1, 0.15) is 31.2 Å². The molecular weight excluding hydrogens is 320 g/mol. The number of nitrogens with zero attached hydrogens (tertiary/aromatic N) is 2. The van der Waals surface area contributed by atoms with Crippen molar-refractivity contribution in [3.05, 3.63) is 38.9 Å². The van der Waals surface area contributed by atoms with Crippen LogP contribution in [0, 0.1) is 16.0 Å². The average molecular weight is 341 g/mol. The standard InChI is InChI=1S/C16H21ClN2O4/c1-18(13-5-2-11(10-20)3-6-13)16(21)8-12-4-7-14(19(22)23)9-15(12)17/h4,7,9,11,13,20H,2-3,5-6,8,10H2,1H3. The smallest absolute Gasteiger partial charge is 0.270 e. The van der Waals surface area contributed by atoms with Gasteiger partial charge in [0.2, 0.25) is 5.91 Å². The predicted molar refractivity (Wildman–Crippen MR) is 87.4 cm³/mol. The highest BCUT2D eigenvalue weighted by atomic mass is 35.5. The number of benzene rings is 1. The number of nitro groups is 1. The first-order chi connectivity index (χ1) is 10.9. The zero-order valence-corrected chi connectivity index (χ0v) is 13.8. The molecule has 0 unspecified atom stereocenters. The van der Waals surface area contributed by atoms with E-state index < -0.39 is 4.92 Å². The summed E-state index contributed by atoms with van der Waals surface area (Å²) in [5.74, 6) is 0.298. The molecule has 6 nitrogen and oxygen atoms in total. The van der Waals surface area contributed by atoms with Gasteiger partial charge in [-0.2, -0.15) is 0 Å². The number of likely N-dealkylation sites (N-methyl/N-ethyl adjacent to an activating group) is 1. The van der Waals surface area contributed by atoms with Crippen molar-refractivity contribution in [2.45, 2.75) is 38.1 Å². The van der Waals surface area contributed by atoms with Crippen LogP contribution in [-0.2, 0) is 11.2 Å². The van der Waals surface area contributed by atoms with Gasteiger partial charge in [-0.25, -0.2) is 0 Å². The van der Waals surface area contributed by atoms with Crippen molar-refractivity contribution in [2.24, 2.45) is 5.92 Å². The van der Waals surface area contributed by atoms with Crippen molar-refractivity contribution in [2.75, 3.05) is 13.7 Å². The Balaban J connectivity index is 1.97. The molecule has 1 aromatic carbocycles. The number of halogens is 1. The number of carbonyl (C=O) groups is 1. The van der Waals surface area contributed by atoms with E-state index in [0.717, 1.165) is 25.7 Å². The van der Waals surface area contributed by atoms with Crippen LogP contribution < -0.4 is 0 Å². The Morgan fingerprint density at radius 3 is 2.57 bits per heavy atom. The van der Waals surface area contributed by atoms with E-state index >= 15 is 0 Å². The molecule has 23 heavy (non-hydrogen) atoms. The zero-order valence-electron chi connectivity index (χ0n) is 13.1. The van der Waals surface area contributed by atoms with E-state index in [0.29, 0.717) is 11.5 Å². The molecule has 1 saturated carbocycles. The van der Waals surface area contributed by atoms with Crippen LogP contribution in [0.3, 0.4) is 0 Å². The minimum absolute atomic E-state index is 0.0480. The number of hydrogen-bond acceptors (Lipinski definition) is 4. The summed E-state index contributed by atoms with van der Waals surface area (Å²) >= 11 is 6.04. The van der Waals surface area contributed by atoms with E-state index in [-0.39, 0.29) is 35.7 Å². The molecule has 0 atom stereocenters. The molecule has 2 rings (SSSR count). The number of carbonyl (C=O) groups excluding carboxylic acids is 1. The number of non-ortho nitro benzene ring substituents is 1. The number of hydrogen-bond donors (Lipinski definition) is 1.